The number of carbonyl (C=O) groups is 2. The number of aryl methyl sites for hydroxylation is 3. The molecule has 0 saturated carbocycles. The van der Waals surface area contributed by atoms with Gasteiger partial charge < -0.3 is 14.0 Å². The van der Waals surface area contributed by atoms with Crippen LogP contribution in [0.2, 0.25) is 0 Å². The summed E-state index contributed by atoms with van der Waals surface area (Å²) in [7, 11) is 0. The van der Waals surface area contributed by atoms with Crippen molar-refractivity contribution in [2.24, 2.45) is 0 Å². The van der Waals surface area contributed by atoms with Gasteiger partial charge in [0.25, 0.3) is 0 Å². The summed E-state index contributed by atoms with van der Waals surface area (Å²) < 4.78 is 13.1. The van der Waals surface area contributed by atoms with Gasteiger partial charge in [-0.05, 0) is 64.8 Å². The first-order valence-electron chi connectivity index (χ1n) is 10.6. The Kier molecular flexibility index (Phi) is 5.87. The van der Waals surface area contributed by atoms with Gasteiger partial charge in [-0.15, -0.1) is 0 Å². The van der Waals surface area contributed by atoms with Gasteiger partial charge in [-0.3, -0.25) is 4.79 Å². The highest BCUT2D eigenvalue weighted by molar-refractivity contribution is 6.01. The Labute approximate surface area is 181 Å². The fraction of sp³-hybridized carbons (Fsp3) is 0.417. The van der Waals surface area contributed by atoms with Gasteiger partial charge in [0.15, 0.2) is 6.61 Å². The van der Waals surface area contributed by atoms with Gasteiger partial charge in [0.2, 0.25) is 5.78 Å². The Bertz CT molecular complexity index is 1160. The molecule has 0 spiro atoms. The predicted octanol–water partition coefficient (Wildman–Crippen LogP) is 3.88. The highest BCUT2D eigenvalue weighted by atomic mass is 16.5. The molecule has 0 N–H and O–H groups in total. The van der Waals surface area contributed by atoms with Crippen LogP contribution in [0.5, 0.6) is 0 Å². The van der Waals surface area contributed by atoms with E-state index in [9.17, 15) is 9.59 Å². The summed E-state index contributed by atoms with van der Waals surface area (Å²) in [5.74, 6) is -0.768. The zero-order valence-corrected chi connectivity index (χ0v) is 18.4. The number of aromatic nitrogens is 3. The molecular weight excluding hydrogens is 394 g/mol. The number of ketones is 1. The van der Waals surface area contributed by atoms with Gasteiger partial charge in [-0.2, -0.15) is 0 Å². The van der Waals surface area contributed by atoms with Crippen LogP contribution < -0.4 is 0 Å². The van der Waals surface area contributed by atoms with Gasteiger partial charge in [0.1, 0.15) is 0 Å². The van der Waals surface area contributed by atoms with E-state index >= 15 is 0 Å². The van der Waals surface area contributed by atoms with Crippen molar-refractivity contribution in [1.29, 1.82) is 0 Å². The molecule has 0 radical (unpaired) electrons. The molecule has 1 aromatic carbocycles. The quantitative estimate of drug-likeness (QED) is 0.444. The highest BCUT2D eigenvalue weighted by Crippen LogP contribution is 2.21. The third-order valence-corrected chi connectivity index (χ3v) is 5.93. The number of fused-ring (bicyclic) bond motifs is 1. The molecule has 0 aliphatic carbocycles. The molecule has 3 heterocycles. The second-order valence-electron chi connectivity index (χ2n) is 8.13. The molecule has 4 rings (SSSR count). The molecule has 1 aliphatic heterocycles. The lowest BCUT2D eigenvalue weighted by atomic mass is 10.1. The minimum Gasteiger partial charge on any atom is -0.454 e. The average Bonchev–Trinajstić information content (AvgIpc) is 3.36. The second-order valence-corrected chi connectivity index (χ2v) is 8.13. The predicted molar refractivity (Wildman–Crippen MR) is 117 cm³/mol. The maximum atomic E-state index is 12.8. The van der Waals surface area contributed by atoms with Crippen molar-refractivity contribution < 1.29 is 19.1 Å². The molecule has 1 saturated heterocycles. The minimum absolute atomic E-state index is 0.189. The van der Waals surface area contributed by atoms with Gasteiger partial charge in [0, 0.05) is 30.1 Å². The number of carbonyl (C=O) groups excluding carboxylic acids is 2. The number of ether oxygens (including phenoxy) is 2. The Morgan fingerprint density at radius 1 is 1.10 bits per heavy atom. The lowest BCUT2D eigenvalue weighted by Gasteiger charge is -2.14. The van der Waals surface area contributed by atoms with E-state index in [1.54, 1.807) is 18.2 Å². The molecule has 2 aromatic heterocycles. The summed E-state index contributed by atoms with van der Waals surface area (Å²) in [6, 6.07) is 6.89. The van der Waals surface area contributed by atoms with Gasteiger partial charge >= 0.3 is 5.97 Å². The van der Waals surface area contributed by atoms with Gasteiger partial charge in [-0.25, -0.2) is 14.8 Å². The molecule has 0 unspecified atom stereocenters. The molecule has 162 valence electrons. The molecule has 1 aliphatic rings. The molecule has 0 amide bonds. The fourth-order valence-electron chi connectivity index (χ4n) is 4.01. The molecular formula is C24H27N3O4. The highest BCUT2D eigenvalue weighted by Gasteiger charge is 2.22. The van der Waals surface area contributed by atoms with Crippen molar-refractivity contribution in [3.05, 3.63) is 58.2 Å². The van der Waals surface area contributed by atoms with Crippen LogP contribution >= 0.6 is 0 Å². The second kappa shape index (κ2) is 8.59. The van der Waals surface area contributed by atoms with Crippen LogP contribution in [-0.2, 0) is 16.0 Å². The number of rotatable bonds is 6. The van der Waals surface area contributed by atoms with E-state index in [0.29, 0.717) is 16.6 Å². The van der Waals surface area contributed by atoms with E-state index < -0.39 is 5.97 Å². The number of benzene rings is 1. The lowest BCUT2D eigenvalue weighted by molar-refractivity contribution is 0.0474. The molecule has 7 nitrogen and oxygen atoms in total. The summed E-state index contributed by atoms with van der Waals surface area (Å²) >= 11 is 0. The van der Waals surface area contributed by atoms with E-state index in [4.69, 9.17) is 9.47 Å². The largest absolute Gasteiger partial charge is 0.454 e. The fourth-order valence-corrected chi connectivity index (χ4v) is 4.01. The third kappa shape index (κ3) is 4.37. The Hall–Kier alpha value is -3.06. The standard InChI is InChI=1S/C24H27N3O4/c1-14-10-20(17(4)27(14)12-19-6-5-9-30-19)23(28)13-31-24(29)18-7-8-21-22(11-18)26-16(3)15(2)25-21/h7-8,10-11,19H,5-6,9,12-13H2,1-4H3/t19-/m0/s1. The first kappa shape index (κ1) is 21.2. The Morgan fingerprint density at radius 2 is 1.84 bits per heavy atom. The van der Waals surface area contributed by atoms with Crippen LogP contribution in [0, 0.1) is 27.7 Å². The maximum absolute atomic E-state index is 12.8. The van der Waals surface area contributed by atoms with Crippen LogP contribution in [0.4, 0.5) is 0 Å². The van der Waals surface area contributed by atoms with Crippen molar-refractivity contribution in [2.45, 2.75) is 53.2 Å². The molecule has 3 aromatic rings. The summed E-state index contributed by atoms with van der Waals surface area (Å²) in [5.41, 5.74) is 5.82. The van der Waals surface area contributed by atoms with Gasteiger partial charge in [-0.1, -0.05) is 0 Å². The van der Waals surface area contributed by atoms with E-state index in [0.717, 1.165) is 54.3 Å². The first-order valence-corrected chi connectivity index (χ1v) is 10.6. The Morgan fingerprint density at radius 3 is 2.55 bits per heavy atom. The number of nitrogens with zero attached hydrogens (tertiary/aromatic N) is 3. The van der Waals surface area contributed by atoms with Crippen molar-refractivity contribution in [1.82, 2.24) is 14.5 Å². The van der Waals surface area contributed by atoms with E-state index in [1.165, 1.54) is 0 Å². The van der Waals surface area contributed by atoms with Crippen LogP contribution in [-0.4, -0.2) is 45.6 Å². The topological polar surface area (TPSA) is 83.3 Å². The third-order valence-electron chi connectivity index (χ3n) is 5.93. The summed E-state index contributed by atoms with van der Waals surface area (Å²) in [6.45, 7) is 8.90. The molecule has 31 heavy (non-hydrogen) atoms. The van der Waals surface area contributed by atoms with E-state index in [1.807, 2.05) is 33.8 Å². The van der Waals surface area contributed by atoms with Crippen molar-refractivity contribution in [3.8, 4) is 0 Å². The molecule has 1 atom stereocenters. The zero-order valence-electron chi connectivity index (χ0n) is 18.4. The number of hydrogen-bond acceptors (Lipinski definition) is 6. The van der Waals surface area contributed by atoms with E-state index in [2.05, 4.69) is 14.5 Å². The van der Waals surface area contributed by atoms with Crippen molar-refractivity contribution in [3.63, 3.8) is 0 Å². The average molecular weight is 421 g/mol. The summed E-state index contributed by atoms with van der Waals surface area (Å²) in [6.07, 6.45) is 2.30. The zero-order chi connectivity index (χ0) is 22.1. The van der Waals surface area contributed by atoms with Crippen LogP contribution in [0.25, 0.3) is 11.0 Å². The van der Waals surface area contributed by atoms with Crippen molar-refractivity contribution >= 4 is 22.8 Å². The minimum atomic E-state index is -0.552. The van der Waals surface area contributed by atoms with E-state index in [-0.39, 0.29) is 18.5 Å². The SMILES string of the molecule is Cc1nc2ccc(C(=O)OCC(=O)c3cc(C)n(C[C@@H]4CCCO4)c3C)cc2nc1C. The maximum Gasteiger partial charge on any atom is 0.338 e. The number of esters is 1. The Balaban J connectivity index is 1.44. The molecule has 7 heteroatoms. The van der Waals surface area contributed by atoms with Crippen LogP contribution in [0.1, 0.15) is 56.3 Å². The first-order chi connectivity index (χ1) is 14.8. The van der Waals surface area contributed by atoms with Crippen LogP contribution in [0.15, 0.2) is 24.3 Å². The van der Waals surface area contributed by atoms with Crippen LogP contribution in [0.3, 0.4) is 0 Å². The molecule has 1 fully saturated rings. The normalized spacial score (nSPS) is 16.1. The smallest absolute Gasteiger partial charge is 0.338 e. The number of hydrogen-bond donors (Lipinski definition) is 0. The lowest BCUT2D eigenvalue weighted by Crippen LogP contribution is -2.18. The van der Waals surface area contributed by atoms with Crippen molar-refractivity contribution in [2.75, 3.05) is 13.2 Å². The number of Topliss-reactive ketones (excluding diaryl/α,β-unsaturated/α-hetero) is 1. The summed E-state index contributed by atoms with van der Waals surface area (Å²) in [5, 5.41) is 0. The summed E-state index contributed by atoms with van der Waals surface area (Å²) in [4.78, 5) is 34.2. The van der Waals surface area contributed by atoms with Gasteiger partial charge in [0.05, 0.1) is 34.1 Å². The monoisotopic (exact) mass is 421 g/mol. The molecule has 0 bridgehead atoms.